The van der Waals surface area contributed by atoms with Crippen LogP contribution in [0.3, 0.4) is 0 Å². The lowest BCUT2D eigenvalue weighted by Gasteiger charge is -2.47. The lowest BCUT2D eigenvalue weighted by atomic mass is 9.93. The monoisotopic (exact) mass is 1090 g/mol. The van der Waals surface area contributed by atoms with Gasteiger partial charge in [0.2, 0.25) is 0 Å². The first-order valence-electron chi connectivity index (χ1n) is 28.4. The quantitative estimate of drug-likeness (QED) is 0.0336. The summed E-state index contributed by atoms with van der Waals surface area (Å²) in [5.41, 5.74) is 0. The van der Waals surface area contributed by atoms with Gasteiger partial charge in [0.1, 0.15) is 6.10 Å². The Balaban J connectivity index is 1.40. The molecule has 0 bridgehead atoms. The van der Waals surface area contributed by atoms with Crippen molar-refractivity contribution in [3.05, 3.63) is 146 Å². The summed E-state index contributed by atoms with van der Waals surface area (Å²) in [5, 5.41) is 4.05. The number of hydrogen-bond donors (Lipinski definition) is 0. The summed E-state index contributed by atoms with van der Waals surface area (Å²) >= 11 is 0. The standard InChI is InChI=1S/C67H92O7Si3/c1-16-18-23-34-51(3)45-54-48-55(73-75(14,15)65(5,6)7)47-53(70-54)35-32-44-64(68)71-56(50-69-76(66(8,9)10,57-36-24-19-25-37-57)58-38-26-20-27-39-58)49-63(62-46-52(4)61(72-62)33-17-2)74-77(67(11,12)13,59-40-28-21-29-41-59)60-42-30-22-31-43-60/h2,19-32,34,36-44,51-56,61-63H,33,35,45-50H2,1,3-15H3/b34-23+,44-32+/t51-,52+,53-,54+,55+,56+,61+,62+,63+/m0/s1. The van der Waals surface area contributed by atoms with Crippen LogP contribution >= 0.6 is 0 Å². The fraction of sp³-hybridized carbons (Fsp3) is 0.507. The van der Waals surface area contributed by atoms with Crippen molar-refractivity contribution in [1.82, 2.24) is 0 Å². The third-order valence-corrected chi connectivity index (χ3v) is 31.0. The van der Waals surface area contributed by atoms with Crippen LogP contribution < -0.4 is 20.7 Å². The van der Waals surface area contributed by atoms with E-state index >= 15 is 0 Å². The minimum Gasteiger partial charge on any atom is -0.457 e. The average Bonchev–Trinajstić information content (AvgIpc) is 3.74. The largest absolute Gasteiger partial charge is 0.457 e. The molecule has 6 rings (SSSR count). The molecule has 0 amide bonds. The molecule has 2 heterocycles. The van der Waals surface area contributed by atoms with Crippen LogP contribution in [0, 0.1) is 36.0 Å². The van der Waals surface area contributed by atoms with Crippen molar-refractivity contribution in [2.45, 2.75) is 199 Å². The summed E-state index contributed by atoms with van der Waals surface area (Å²) in [6.07, 6.45) is 16.4. The molecule has 0 spiro atoms. The van der Waals surface area contributed by atoms with Gasteiger partial charge in [-0.05, 0) is 106 Å². The second-order valence-corrected chi connectivity index (χ2v) is 38.7. The van der Waals surface area contributed by atoms with E-state index in [1.807, 2.05) is 19.1 Å². The minimum absolute atomic E-state index is 0.00865. The maximum atomic E-state index is 14.7. The fourth-order valence-corrected chi connectivity index (χ4v) is 22.2. The molecule has 0 unspecified atom stereocenters. The number of carbonyl (C=O) groups is 1. The van der Waals surface area contributed by atoms with Crippen LogP contribution in [0.25, 0.3) is 0 Å². The summed E-state index contributed by atoms with van der Waals surface area (Å²) in [4.78, 5) is 14.7. The minimum atomic E-state index is -3.18. The lowest BCUT2D eigenvalue weighted by molar-refractivity contribution is -0.147. The summed E-state index contributed by atoms with van der Waals surface area (Å²) in [7, 11) is -8.36. The Kier molecular flexibility index (Phi) is 21.6. The van der Waals surface area contributed by atoms with Gasteiger partial charge in [0, 0.05) is 25.0 Å². The molecule has 414 valence electrons. The highest BCUT2D eigenvalue weighted by atomic mass is 28.4. The highest BCUT2D eigenvalue weighted by molar-refractivity contribution is 7.00. The molecule has 2 fully saturated rings. The highest BCUT2D eigenvalue weighted by Crippen LogP contribution is 2.43. The van der Waals surface area contributed by atoms with E-state index in [-0.39, 0.29) is 64.1 Å². The van der Waals surface area contributed by atoms with Gasteiger partial charge < -0.3 is 27.5 Å². The smallest absolute Gasteiger partial charge is 0.330 e. The first kappa shape index (κ1) is 61.6. The molecule has 2 saturated heterocycles. The maximum Gasteiger partial charge on any atom is 0.330 e. The van der Waals surface area contributed by atoms with Crippen LogP contribution in [0.2, 0.25) is 28.2 Å². The van der Waals surface area contributed by atoms with Gasteiger partial charge in [-0.2, -0.15) is 0 Å². The first-order valence-corrected chi connectivity index (χ1v) is 35.1. The molecule has 0 saturated carbocycles. The fourth-order valence-electron chi connectivity index (χ4n) is 11.5. The van der Waals surface area contributed by atoms with Crippen LogP contribution in [0.4, 0.5) is 0 Å². The molecule has 0 radical (unpaired) electrons. The molecule has 4 aromatic carbocycles. The zero-order valence-electron chi connectivity index (χ0n) is 49.1. The number of benzene rings is 4. The zero-order chi connectivity index (χ0) is 56.1. The first-order chi connectivity index (χ1) is 36.4. The van der Waals surface area contributed by atoms with Gasteiger partial charge in [-0.3, -0.25) is 0 Å². The Morgan fingerprint density at radius 3 is 1.71 bits per heavy atom. The van der Waals surface area contributed by atoms with Crippen molar-refractivity contribution < 1.29 is 32.3 Å². The van der Waals surface area contributed by atoms with Crippen LogP contribution in [-0.2, 0) is 32.3 Å². The van der Waals surface area contributed by atoms with Crippen molar-refractivity contribution in [2.75, 3.05) is 6.61 Å². The van der Waals surface area contributed by atoms with Crippen molar-refractivity contribution >= 4 is 51.7 Å². The van der Waals surface area contributed by atoms with Crippen LogP contribution in [0.5, 0.6) is 0 Å². The predicted octanol–water partition coefficient (Wildman–Crippen LogP) is 13.1. The summed E-state index contributed by atoms with van der Waals surface area (Å²) in [5.74, 6) is 8.95. The van der Waals surface area contributed by atoms with Gasteiger partial charge in [-0.25, -0.2) is 4.79 Å². The molecular weight excluding hydrogens is 1000 g/mol. The van der Waals surface area contributed by atoms with Crippen molar-refractivity contribution in [1.29, 1.82) is 0 Å². The van der Waals surface area contributed by atoms with Gasteiger partial charge in [0.05, 0.1) is 37.1 Å². The summed E-state index contributed by atoms with van der Waals surface area (Å²) in [6, 6.07) is 42.7. The van der Waals surface area contributed by atoms with Crippen molar-refractivity contribution in [3.63, 3.8) is 0 Å². The molecule has 10 heteroatoms. The van der Waals surface area contributed by atoms with E-state index in [0.29, 0.717) is 19.3 Å². The number of hydrogen-bond acceptors (Lipinski definition) is 7. The molecular formula is C67H92O7Si3. The van der Waals surface area contributed by atoms with Gasteiger partial charge in [-0.1, -0.05) is 216 Å². The average molecular weight is 1090 g/mol. The molecule has 4 aromatic rings. The number of carbonyl (C=O) groups excluding carboxylic acids is 1. The Morgan fingerprint density at radius 1 is 0.727 bits per heavy atom. The van der Waals surface area contributed by atoms with E-state index in [9.17, 15) is 4.79 Å². The van der Waals surface area contributed by atoms with E-state index in [2.05, 4.69) is 234 Å². The molecule has 7 nitrogen and oxygen atoms in total. The Hall–Kier alpha value is -4.60. The molecule has 0 aromatic heterocycles. The number of terminal acetylenes is 1. The third-order valence-electron chi connectivity index (χ3n) is 16.4. The Labute approximate surface area is 468 Å². The summed E-state index contributed by atoms with van der Waals surface area (Å²) < 4.78 is 43.5. The second-order valence-electron chi connectivity index (χ2n) is 25.4. The lowest BCUT2D eigenvalue weighted by Crippen LogP contribution is -2.69. The maximum absolute atomic E-state index is 14.7. The number of esters is 1. The topological polar surface area (TPSA) is 72.5 Å². The van der Waals surface area contributed by atoms with Crippen LogP contribution in [0.1, 0.15) is 128 Å². The van der Waals surface area contributed by atoms with Crippen LogP contribution in [-0.4, -0.2) is 80.3 Å². The van der Waals surface area contributed by atoms with E-state index in [1.165, 1.54) is 0 Å². The van der Waals surface area contributed by atoms with Crippen molar-refractivity contribution in [3.8, 4) is 24.2 Å². The van der Waals surface area contributed by atoms with E-state index < -0.39 is 43.1 Å². The van der Waals surface area contributed by atoms with Gasteiger partial charge in [0.15, 0.2) is 8.32 Å². The molecule has 0 N–H and O–H groups in total. The van der Waals surface area contributed by atoms with Gasteiger partial charge in [-0.15, -0.1) is 18.3 Å². The summed E-state index contributed by atoms with van der Waals surface area (Å²) in [6.45, 7) is 31.7. The number of rotatable bonds is 22. The second kappa shape index (κ2) is 27.0. The van der Waals surface area contributed by atoms with Gasteiger partial charge >= 0.3 is 5.97 Å². The number of ether oxygens (including phenoxy) is 3. The molecule has 9 atom stereocenters. The Morgan fingerprint density at radius 2 is 1.23 bits per heavy atom. The molecule has 2 aliphatic rings. The van der Waals surface area contributed by atoms with Gasteiger partial charge in [0.25, 0.3) is 16.6 Å². The van der Waals surface area contributed by atoms with Crippen LogP contribution in [0.15, 0.2) is 146 Å². The predicted molar refractivity (Wildman–Crippen MR) is 327 cm³/mol. The molecule has 77 heavy (non-hydrogen) atoms. The van der Waals surface area contributed by atoms with E-state index in [4.69, 9.17) is 33.9 Å². The zero-order valence-corrected chi connectivity index (χ0v) is 52.1. The SMILES string of the molecule is C#CC[C@H]1O[C@@H]([C@@H](C[C@H](CO[Si](c2ccccc2)(c2ccccc2)C(C)(C)C)OC(=O)/C=C/C[C@H]2C[C@@H](O[Si](C)(C)C(C)(C)C)C[C@@H](C[C@@H](C)/C=C/C#CC)O2)O[Si](c2ccccc2)(c2ccccc2)C(C)(C)C)C[C@H]1C. The van der Waals surface area contributed by atoms with E-state index in [0.717, 1.165) is 46.4 Å². The molecule has 2 aliphatic heterocycles. The third kappa shape index (κ3) is 15.6. The van der Waals surface area contributed by atoms with E-state index in [1.54, 1.807) is 6.08 Å². The highest BCUT2D eigenvalue weighted by Gasteiger charge is 2.55. The number of allylic oxidation sites excluding steroid dienone is 2. The normalized spacial score (nSPS) is 22.0. The Bertz CT molecular complexity index is 2540. The van der Waals surface area contributed by atoms with Crippen molar-refractivity contribution in [2.24, 2.45) is 11.8 Å². The molecule has 0 aliphatic carbocycles.